The van der Waals surface area contributed by atoms with Crippen molar-refractivity contribution in [2.45, 2.75) is 77.1 Å². The molecule has 0 unspecified atom stereocenters. The zero-order valence-corrected chi connectivity index (χ0v) is 23.0. The van der Waals surface area contributed by atoms with Crippen LogP contribution in [0.4, 0.5) is 13.2 Å². The third-order valence-electron chi connectivity index (χ3n) is 9.35. The Morgan fingerprint density at radius 2 is 1.88 bits per heavy atom. The van der Waals surface area contributed by atoms with Crippen LogP contribution >= 0.6 is 0 Å². The van der Waals surface area contributed by atoms with E-state index in [1.165, 1.54) is 6.07 Å². The smallest absolute Gasteiger partial charge is 0.416 e. The van der Waals surface area contributed by atoms with E-state index in [1.54, 1.807) is 17.0 Å². The first-order valence-corrected chi connectivity index (χ1v) is 14.2. The average molecular weight is 559 g/mol. The topological polar surface area (TPSA) is 70.1 Å². The normalized spacial score (nSPS) is 25.8. The molecule has 1 amide bonds. The SMILES string of the molecule is CC(C)[C@]1(C(=O)N2COc3ccc(C(F)(F)F)cc3C2)CC[C@@H](N2CCC[C@@H](c3cccc(C(=O)O)c3)CC2)C1. The highest BCUT2D eigenvalue weighted by molar-refractivity contribution is 5.87. The van der Waals surface area contributed by atoms with Crippen LogP contribution in [-0.2, 0) is 17.5 Å². The summed E-state index contributed by atoms with van der Waals surface area (Å²) >= 11 is 0. The van der Waals surface area contributed by atoms with E-state index in [9.17, 15) is 27.9 Å². The van der Waals surface area contributed by atoms with Crippen molar-refractivity contribution in [1.82, 2.24) is 9.80 Å². The Labute approximate surface area is 233 Å². The van der Waals surface area contributed by atoms with Crippen LogP contribution in [0.25, 0.3) is 0 Å². The number of carboxylic acids is 1. The molecule has 5 rings (SSSR count). The lowest BCUT2D eigenvalue weighted by Gasteiger charge is -2.40. The van der Waals surface area contributed by atoms with Crippen LogP contribution in [0.1, 0.15) is 85.3 Å². The summed E-state index contributed by atoms with van der Waals surface area (Å²) in [6.07, 6.45) is 0.817. The standard InChI is InChI=1S/C31H37F3N2O4/c1-20(2)30(29(39)36-18-24-16-25(31(32,33)34)8-9-27(24)40-19-36)12-10-26(17-30)35-13-4-7-21(11-14-35)22-5-3-6-23(15-22)28(37)38/h3,5-6,8-9,15-16,20-21,26H,4,7,10-14,17-19H2,1-2H3,(H,37,38)/t21-,26-,30+/m1/s1. The van der Waals surface area contributed by atoms with Gasteiger partial charge in [-0.05, 0) is 99.3 Å². The predicted molar refractivity (Wildman–Crippen MR) is 144 cm³/mol. The monoisotopic (exact) mass is 558 g/mol. The van der Waals surface area contributed by atoms with Gasteiger partial charge in [-0.1, -0.05) is 26.0 Å². The molecular formula is C31H37F3N2O4. The minimum Gasteiger partial charge on any atom is -0.478 e. The summed E-state index contributed by atoms with van der Waals surface area (Å²) in [5.74, 6) is -0.180. The van der Waals surface area contributed by atoms with Crippen LogP contribution in [0.15, 0.2) is 42.5 Å². The van der Waals surface area contributed by atoms with Gasteiger partial charge >= 0.3 is 12.1 Å². The Morgan fingerprint density at radius 1 is 1.07 bits per heavy atom. The highest BCUT2D eigenvalue weighted by Gasteiger charge is 2.51. The maximum atomic E-state index is 14.0. The van der Waals surface area contributed by atoms with Crippen molar-refractivity contribution in [3.63, 3.8) is 0 Å². The Bertz CT molecular complexity index is 1260. The van der Waals surface area contributed by atoms with Gasteiger partial charge in [0.2, 0.25) is 5.91 Å². The molecule has 216 valence electrons. The van der Waals surface area contributed by atoms with Gasteiger partial charge in [-0.25, -0.2) is 4.79 Å². The molecule has 2 aromatic carbocycles. The second kappa shape index (κ2) is 11.1. The molecule has 2 heterocycles. The van der Waals surface area contributed by atoms with Crippen molar-refractivity contribution >= 4 is 11.9 Å². The molecule has 0 radical (unpaired) electrons. The van der Waals surface area contributed by atoms with Crippen molar-refractivity contribution in [2.24, 2.45) is 11.3 Å². The number of nitrogens with zero attached hydrogens (tertiary/aromatic N) is 2. The maximum absolute atomic E-state index is 14.0. The zero-order valence-electron chi connectivity index (χ0n) is 23.0. The number of likely N-dealkylation sites (tertiary alicyclic amines) is 1. The molecule has 2 aliphatic heterocycles. The second-order valence-corrected chi connectivity index (χ2v) is 11.9. The van der Waals surface area contributed by atoms with Crippen molar-refractivity contribution in [3.8, 4) is 5.75 Å². The zero-order chi connectivity index (χ0) is 28.7. The summed E-state index contributed by atoms with van der Waals surface area (Å²) in [6, 6.07) is 10.9. The van der Waals surface area contributed by atoms with Gasteiger partial charge in [-0.15, -0.1) is 0 Å². The number of aromatic carboxylic acids is 1. The molecule has 3 atom stereocenters. The number of fused-ring (bicyclic) bond motifs is 1. The van der Waals surface area contributed by atoms with Crippen molar-refractivity contribution in [2.75, 3.05) is 19.8 Å². The van der Waals surface area contributed by atoms with Crippen LogP contribution in [0.5, 0.6) is 5.75 Å². The summed E-state index contributed by atoms with van der Waals surface area (Å²) in [5, 5.41) is 9.38. The number of amides is 1. The minimum absolute atomic E-state index is 0.0359. The second-order valence-electron chi connectivity index (χ2n) is 11.9. The first kappa shape index (κ1) is 28.5. The Balaban J connectivity index is 1.27. The highest BCUT2D eigenvalue weighted by Crippen LogP contribution is 2.48. The van der Waals surface area contributed by atoms with Gasteiger partial charge in [0.1, 0.15) is 5.75 Å². The number of carboxylic acid groups (broad SMARTS) is 1. The summed E-state index contributed by atoms with van der Waals surface area (Å²) in [6.45, 7) is 6.09. The Morgan fingerprint density at radius 3 is 2.60 bits per heavy atom. The van der Waals surface area contributed by atoms with Gasteiger partial charge < -0.3 is 19.6 Å². The van der Waals surface area contributed by atoms with Crippen molar-refractivity contribution < 1.29 is 32.6 Å². The van der Waals surface area contributed by atoms with E-state index in [4.69, 9.17) is 4.74 Å². The maximum Gasteiger partial charge on any atom is 0.416 e. The lowest BCUT2D eigenvalue weighted by Crippen LogP contribution is -2.49. The average Bonchev–Trinajstić information content (AvgIpc) is 3.24. The molecule has 1 saturated heterocycles. The lowest BCUT2D eigenvalue weighted by atomic mass is 9.74. The molecule has 1 saturated carbocycles. The highest BCUT2D eigenvalue weighted by atomic mass is 19.4. The number of hydrogen-bond acceptors (Lipinski definition) is 4. The van der Waals surface area contributed by atoms with Gasteiger partial charge in [-0.3, -0.25) is 4.79 Å². The number of ether oxygens (including phenoxy) is 1. The van der Waals surface area contributed by atoms with Crippen molar-refractivity contribution in [1.29, 1.82) is 0 Å². The third-order valence-corrected chi connectivity index (χ3v) is 9.35. The summed E-state index contributed by atoms with van der Waals surface area (Å²) < 4.78 is 45.6. The van der Waals surface area contributed by atoms with Crippen LogP contribution in [0.2, 0.25) is 0 Å². The van der Waals surface area contributed by atoms with Crippen LogP contribution < -0.4 is 4.74 Å². The molecule has 0 bridgehead atoms. The molecule has 2 aromatic rings. The Kier molecular flexibility index (Phi) is 7.88. The largest absolute Gasteiger partial charge is 0.478 e. The first-order chi connectivity index (χ1) is 19.0. The van der Waals surface area contributed by atoms with Gasteiger partial charge in [0, 0.05) is 11.6 Å². The third kappa shape index (κ3) is 5.57. The van der Waals surface area contributed by atoms with Crippen molar-refractivity contribution in [3.05, 3.63) is 64.7 Å². The molecule has 40 heavy (non-hydrogen) atoms. The number of rotatable bonds is 5. The van der Waals surface area contributed by atoms with Crippen LogP contribution in [0, 0.1) is 11.3 Å². The molecule has 6 nitrogen and oxygen atoms in total. The molecular weight excluding hydrogens is 521 g/mol. The number of carbonyl (C=O) groups excluding carboxylic acids is 1. The summed E-state index contributed by atoms with van der Waals surface area (Å²) in [7, 11) is 0. The molecule has 0 spiro atoms. The lowest BCUT2D eigenvalue weighted by molar-refractivity contribution is -0.150. The summed E-state index contributed by atoms with van der Waals surface area (Å²) in [5.41, 5.74) is 0.438. The van der Waals surface area contributed by atoms with Gasteiger partial charge in [-0.2, -0.15) is 13.2 Å². The number of alkyl halides is 3. The van der Waals surface area contributed by atoms with Gasteiger partial charge in [0.05, 0.1) is 23.1 Å². The van der Waals surface area contributed by atoms with E-state index < -0.39 is 23.1 Å². The van der Waals surface area contributed by atoms with E-state index in [0.29, 0.717) is 29.2 Å². The van der Waals surface area contributed by atoms with Crippen LogP contribution in [0.3, 0.4) is 0 Å². The van der Waals surface area contributed by atoms with Gasteiger partial charge in [0.15, 0.2) is 6.73 Å². The molecule has 0 aromatic heterocycles. The van der Waals surface area contributed by atoms with Crippen LogP contribution in [-0.4, -0.2) is 52.6 Å². The quantitative estimate of drug-likeness (QED) is 0.451. The number of hydrogen-bond donors (Lipinski definition) is 1. The van der Waals surface area contributed by atoms with E-state index in [1.807, 2.05) is 12.1 Å². The summed E-state index contributed by atoms with van der Waals surface area (Å²) in [4.78, 5) is 29.5. The number of carbonyl (C=O) groups is 2. The van der Waals surface area contributed by atoms with E-state index in [2.05, 4.69) is 18.7 Å². The minimum atomic E-state index is -4.45. The van der Waals surface area contributed by atoms with E-state index in [-0.39, 0.29) is 31.1 Å². The van der Waals surface area contributed by atoms with E-state index >= 15 is 0 Å². The molecule has 1 aliphatic carbocycles. The molecule has 3 aliphatic rings. The van der Waals surface area contributed by atoms with E-state index in [0.717, 1.165) is 62.9 Å². The fraction of sp³-hybridized carbons (Fsp3) is 0.548. The molecule has 1 N–H and O–H groups in total. The fourth-order valence-corrected chi connectivity index (χ4v) is 6.93. The first-order valence-electron chi connectivity index (χ1n) is 14.2. The molecule has 9 heteroatoms. The number of halogens is 3. The molecule has 2 fully saturated rings. The Hall–Kier alpha value is -3.07. The predicted octanol–water partition coefficient (Wildman–Crippen LogP) is 6.55. The number of benzene rings is 2. The van der Waals surface area contributed by atoms with Gasteiger partial charge in [0.25, 0.3) is 0 Å². The fourth-order valence-electron chi connectivity index (χ4n) is 6.93.